The number of halogens is 1. The monoisotopic (exact) mass is 314 g/mol. The molecule has 0 saturated carbocycles. The van der Waals surface area contributed by atoms with E-state index in [4.69, 9.17) is 11.6 Å². The zero-order chi connectivity index (χ0) is 15.6. The number of amides is 3. The van der Waals surface area contributed by atoms with Crippen molar-refractivity contribution in [2.45, 2.75) is 5.54 Å². The van der Waals surface area contributed by atoms with Gasteiger partial charge in [0.1, 0.15) is 0 Å². The first-order valence-electron chi connectivity index (χ1n) is 7.01. The molecule has 22 heavy (non-hydrogen) atoms. The molecule has 0 aromatic heterocycles. The number of alkyl halides is 1. The van der Waals surface area contributed by atoms with Crippen molar-refractivity contribution in [1.82, 2.24) is 10.2 Å². The fourth-order valence-electron chi connectivity index (χ4n) is 2.98. The van der Waals surface area contributed by atoms with Crippen LogP contribution in [0.3, 0.4) is 0 Å². The van der Waals surface area contributed by atoms with Crippen LogP contribution in [0.5, 0.6) is 0 Å². The van der Waals surface area contributed by atoms with Crippen molar-refractivity contribution in [3.63, 3.8) is 0 Å². The first-order chi connectivity index (χ1) is 10.7. The van der Waals surface area contributed by atoms with Crippen LogP contribution in [0, 0.1) is 0 Å². The van der Waals surface area contributed by atoms with Crippen molar-refractivity contribution in [1.29, 1.82) is 0 Å². The van der Waals surface area contributed by atoms with Crippen LogP contribution in [-0.2, 0) is 10.3 Å². The van der Waals surface area contributed by atoms with Crippen molar-refractivity contribution >= 4 is 23.5 Å². The minimum absolute atomic E-state index is 0.252. The average Bonchev–Trinajstić information content (AvgIpc) is 2.81. The summed E-state index contributed by atoms with van der Waals surface area (Å²) in [6.07, 6.45) is 0. The summed E-state index contributed by atoms with van der Waals surface area (Å²) in [4.78, 5) is 26.6. The highest BCUT2D eigenvalue weighted by Crippen LogP contribution is 2.39. The molecule has 3 rings (SSSR count). The van der Waals surface area contributed by atoms with Gasteiger partial charge < -0.3 is 4.90 Å². The molecular formula is C17H15ClN2O2. The van der Waals surface area contributed by atoms with Crippen LogP contribution in [-0.4, -0.2) is 29.3 Å². The van der Waals surface area contributed by atoms with Crippen LogP contribution >= 0.6 is 11.6 Å². The molecule has 0 aliphatic carbocycles. The Hall–Kier alpha value is -2.33. The number of carbonyl (C=O) groups is 2. The van der Waals surface area contributed by atoms with Gasteiger partial charge in [-0.2, -0.15) is 0 Å². The summed E-state index contributed by atoms with van der Waals surface area (Å²) in [5.74, 6) is -0.0951. The molecule has 1 N–H and O–H groups in total. The number of imide groups is 1. The number of rotatable bonds is 4. The van der Waals surface area contributed by atoms with Gasteiger partial charge in [0.05, 0.1) is 0 Å². The summed E-state index contributed by atoms with van der Waals surface area (Å²) in [5, 5.41) is 2.43. The first-order valence-corrected chi connectivity index (χ1v) is 7.54. The SMILES string of the molecule is O=C1NC(=O)C(c2ccccc2)(c2ccccc2)N1CCCl. The molecule has 4 nitrogen and oxygen atoms in total. The van der Waals surface area contributed by atoms with Crippen LogP contribution in [0.1, 0.15) is 11.1 Å². The predicted octanol–water partition coefficient (Wildman–Crippen LogP) is 2.72. The highest BCUT2D eigenvalue weighted by molar-refractivity contribution is 6.18. The van der Waals surface area contributed by atoms with Crippen LogP contribution in [0.15, 0.2) is 60.7 Å². The van der Waals surface area contributed by atoms with Crippen molar-refractivity contribution in [2.75, 3.05) is 12.4 Å². The minimum atomic E-state index is -1.17. The lowest BCUT2D eigenvalue weighted by Gasteiger charge is -2.36. The minimum Gasteiger partial charge on any atom is -0.301 e. The number of carbonyl (C=O) groups excluding carboxylic acids is 2. The zero-order valence-corrected chi connectivity index (χ0v) is 12.6. The second kappa shape index (κ2) is 5.81. The van der Waals surface area contributed by atoms with Crippen molar-refractivity contribution in [2.24, 2.45) is 0 Å². The molecule has 1 aliphatic rings. The standard InChI is InChI=1S/C17H15ClN2O2/c18-11-12-20-16(22)19-15(21)17(20,13-7-3-1-4-8-13)14-9-5-2-6-10-14/h1-10H,11-12H2,(H,19,21,22). The quantitative estimate of drug-likeness (QED) is 0.697. The third kappa shape index (κ3) is 2.07. The maximum absolute atomic E-state index is 12.8. The summed E-state index contributed by atoms with van der Waals surface area (Å²) >= 11 is 5.86. The van der Waals surface area contributed by atoms with Gasteiger partial charge in [-0.25, -0.2) is 4.79 Å². The number of hydrogen-bond donors (Lipinski definition) is 1. The second-order valence-electron chi connectivity index (χ2n) is 5.04. The number of urea groups is 1. The van der Waals surface area contributed by atoms with E-state index in [-0.39, 0.29) is 18.3 Å². The van der Waals surface area contributed by atoms with E-state index in [1.54, 1.807) is 0 Å². The topological polar surface area (TPSA) is 49.4 Å². The Morgan fingerprint density at radius 2 is 1.41 bits per heavy atom. The Morgan fingerprint density at radius 1 is 0.909 bits per heavy atom. The molecule has 5 heteroatoms. The largest absolute Gasteiger partial charge is 0.325 e. The molecule has 1 heterocycles. The lowest BCUT2D eigenvalue weighted by molar-refractivity contribution is -0.125. The highest BCUT2D eigenvalue weighted by atomic mass is 35.5. The summed E-state index contributed by atoms with van der Waals surface area (Å²) in [6.45, 7) is 0.281. The number of benzene rings is 2. The summed E-state index contributed by atoms with van der Waals surface area (Å²) in [7, 11) is 0. The smallest absolute Gasteiger partial charge is 0.301 e. The van der Waals surface area contributed by atoms with Gasteiger partial charge in [0.2, 0.25) is 0 Å². The van der Waals surface area contributed by atoms with Crippen LogP contribution < -0.4 is 5.32 Å². The molecule has 1 saturated heterocycles. The van der Waals surface area contributed by atoms with E-state index in [2.05, 4.69) is 5.32 Å². The number of nitrogens with one attached hydrogen (secondary N) is 1. The first kappa shape index (κ1) is 14.6. The van der Waals surface area contributed by atoms with Gasteiger partial charge in [0.25, 0.3) is 5.91 Å². The molecule has 1 fully saturated rings. The third-order valence-corrected chi connectivity index (χ3v) is 4.06. The van der Waals surface area contributed by atoms with E-state index in [1.165, 1.54) is 4.90 Å². The molecule has 0 bridgehead atoms. The van der Waals surface area contributed by atoms with Gasteiger partial charge in [-0.1, -0.05) is 60.7 Å². The van der Waals surface area contributed by atoms with Crippen molar-refractivity contribution < 1.29 is 9.59 Å². The fourth-order valence-corrected chi connectivity index (χ4v) is 3.15. The molecule has 0 spiro atoms. The lowest BCUT2D eigenvalue weighted by Crippen LogP contribution is -2.48. The lowest BCUT2D eigenvalue weighted by atomic mass is 9.81. The maximum Gasteiger partial charge on any atom is 0.325 e. The van der Waals surface area contributed by atoms with E-state index >= 15 is 0 Å². The Bertz CT molecular complexity index is 649. The Morgan fingerprint density at radius 3 is 1.86 bits per heavy atom. The molecule has 0 atom stereocenters. The van der Waals surface area contributed by atoms with E-state index in [9.17, 15) is 9.59 Å². The van der Waals surface area contributed by atoms with E-state index < -0.39 is 11.6 Å². The van der Waals surface area contributed by atoms with E-state index in [0.717, 1.165) is 11.1 Å². The molecule has 0 radical (unpaired) electrons. The molecule has 3 amide bonds. The van der Waals surface area contributed by atoms with Gasteiger partial charge >= 0.3 is 6.03 Å². The van der Waals surface area contributed by atoms with Gasteiger partial charge in [0, 0.05) is 12.4 Å². The van der Waals surface area contributed by atoms with Gasteiger partial charge in [-0.15, -0.1) is 11.6 Å². The number of nitrogens with zero attached hydrogens (tertiary/aromatic N) is 1. The Kier molecular flexibility index (Phi) is 3.86. The second-order valence-corrected chi connectivity index (χ2v) is 5.42. The Balaban J connectivity index is 2.27. The summed E-state index contributed by atoms with van der Waals surface area (Å²) in [5.41, 5.74) is 0.318. The Labute approximate surface area is 133 Å². The molecule has 0 unspecified atom stereocenters. The fraction of sp³-hybridized carbons (Fsp3) is 0.176. The van der Waals surface area contributed by atoms with Crippen LogP contribution in [0.25, 0.3) is 0 Å². The predicted molar refractivity (Wildman–Crippen MR) is 84.6 cm³/mol. The third-order valence-electron chi connectivity index (χ3n) is 3.89. The highest BCUT2D eigenvalue weighted by Gasteiger charge is 2.54. The average molecular weight is 315 g/mol. The van der Waals surface area contributed by atoms with Gasteiger partial charge in [-0.3, -0.25) is 10.1 Å². The molecule has 2 aromatic carbocycles. The summed E-state index contributed by atoms with van der Waals surface area (Å²) in [6, 6.07) is 18.2. The zero-order valence-electron chi connectivity index (χ0n) is 11.8. The van der Waals surface area contributed by atoms with E-state index in [0.29, 0.717) is 0 Å². The molecule has 112 valence electrons. The summed E-state index contributed by atoms with van der Waals surface area (Å²) < 4.78 is 0. The molecule has 2 aromatic rings. The molecular weight excluding hydrogens is 300 g/mol. The normalized spacial score (nSPS) is 16.7. The van der Waals surface area contributed by atoms with Crippen LogP contribution in [0.2, 0.25) is 0 Å². The van der Waals surface area contributed by atoms with Crippen molar-refractivity contribution in [3.05, 3.63) is 71.8 Å². The van der Waals surface area contributed by atoms with E-state index in [1.807, 2.05) is 60.7 Å². The molecule has 1 aliphatic heterocycles. The maximum atomic E-state index is 12.8. The van der Waals surface area contributed by atoms with Gasteiger partial charge in [0.15, 0.2) is 5.54 Å². The van der Waals surface area contributed by atoms with Gasteiger partial charge in [-0.05, 0) is 11.1 Å². The van der Waals surface area contributed by atoms with Crippen molar-refractivity contribution in [3.8, 4) is 0 Å². The van der Waals surface area contributed by atoms with Crippen LogP contribution in [0.4, 0.5) is 4.79 Å². The number of hydrogen-bond acceptors (Lipinski definition) is 2.